The summed E-state index contributed by atoms with van der Waals surface area (Å²) in [5.41, 5.74) is 2.63. The summed E-state index contributed by atoms with van der Waals surface area (Å²) in [4.78, 5) is 30.5. The number of thiazole rings is 1. The average Bonchev–Trinajstić information content (AvgIpc) is 3.35. The highest BCUT2D eigenvalue weighted by Gasteiger charge is 2.15. The van der Waals surface area contributed by atoms with Crippen LogP contribution in [0.1, 0.15) is 22.5 Å². The van der Waals surface area contributed by atoms with Crippen molar-refractivity contribution in [3.8, 4) is 17.0 Å². The minimum atomic E-state index is -0.227. The van der Waals surface area contributed by atoms with Crippen LogP contribution in [0.4, 0.5) is 5.13 Å². The van der Waals surface area contributed by atoms with Crippen molar-refractivity contribution >= 4 is 39.2 Å². The first-order valence-electron chi connectivity index (χ1n) is 9.56. The van der Waals surface area contributed by atoms with E-state index in [9.17, 15) is 9.59 Å². The number of nitrogens with one attached hydrogen (secondary N) is 1. The molecular formula is C23H21N3O3S. The summed E-state index contributed by atoms with van der Waals surface area (Å²) in [6, 6.07) is 17.2. The predicted octanol–water partition coefficient (Wildman–Crippen LogP) is 5.14. The van der Waals surface area contributed by atoms with E-state index in [1.807, 2.05) is 61.5 Å². The van der Waals surface area contributed by atoms with Crippen LogP contribution >= 0.6 is 11.3 Å². The predicted molar refractivity (Wildman–Crippen MR) is 119 cm³/mol. The third-order valence-electron chi connectivity index (χ3n) is 4.84. The van der Waals surface area contributed by atoms with Crippen LogP contribution in [-0.4, -0.2) is 28.5 Å². The van der Waals surface area contributed by atoms with Gasteiger partial charge in [-0.15, -0.1) is 11.3 Å². The molecule has 1 amide bonds. The quantitative estimate of drug-likeness (QED) is 0.470. The molecule has 0 spiro atoms. The Bertz CT molecular complexity index is 1210. The highest BCUT2D eigenvalue weighted by Crippen LogP contribution is 2.31. The molecule has 2 heterocycles. The van der Waals surface area contributed by atoms with Gasteiger partial charge < -0.3 is 10.1 Å². The van der Waals surface area contributed by atoms with Crippen molar-refractivity contribution in [3.63, 3.8) is 0 Å². The summed E-state index contributed by atoms with van der Waals surface area (Å²) < 4.78 is 6.78. The summed E-state index contributed by atoms with van der Waals surface area (Å²) in [5, 5.41) is 4.35. The largest absolute Gasteiger partial charge is 0.497 e. The van der Waals surface area contributed by atoms with Crippen LogP contribution in [0.5, 0.6) is 5.75 Å². The van der Waals surface area contributed by atoms with Crippen LogP contribution in [0.3, 0.4) is 0 Å². The number of rotatable bonds is 6. The van der Waals surface area contributed by atoms with Gasteiger partial charge in [-0.05, 0) is 43.3 Å². The molecule has 0 unspecified atom stereocenters. The van der Waals surface area contributed by atoms with E-state index in [1.165, 1.54) is 11.3 Å². The van der Waals surface area contributed by atoms with Crippen molar-refractivity contribution in [1.82, 2.24) is 9.55 Å². The molecule has 0 aliphatic carbocycles. The van der Waals surface area contributed by atoms with Gasteiger partial charge in [-0.1, -0.05) is 18.2 Å². The third kappa shape index (κ3) is 4.11. The van der Waals surface area contributed by atoms with Gasteiger partial charge in [0.2, 0.25) is 11.8 Å². The number of anilines is 1. The van der Waals surface area contributed by atoms with Crippen molar-refractivity contribution in [3.05, 3.63) is 65.7 Å². The lowest BCUT2D eigenvalue weighted by atomic mass is 10.1. The molecule has 6 nitrogen and oxygen atoms in total. The monoisotopic (exact) mass is 419 g/mol. The van der Waals surface area contributed by atoms with Gasteiger partial charge in [-0.2, -0.15) is 0 Å². The number of fused-ring (bicyclic) bond motifs is 1. The first kappa shape index (κ1) is 19.8. The second-order valence-electron chi connectivity index (χ2n) is 6.84. The van der Waals surface area contributed by atoms with Crippen LogP contribution in [0, 0.1) is 6.92 Å². The Morgan fingerprint density at radius 2 is 1.83 bits per heavy atom. The Balaban J connectivity index is 1.39. The molecular weight excluding hydrogens is 398 g/mol. The van der Waals surface area contributed by atoms with Crippen molar-refractivity contribution < 1.29 is 14.3 Å². The lowest BCUT2D eigenvalue weighted by Gasteiger charge is -2.04. The normalized spacial score (nSPS) is 10.9. The van der Waals surface area contributed by atoms with Crippen molar-refractivity contribution in [2.45, 2.75) is 19.8 Å². The fourth-order valence-electron chi connectivity index (χ4n) is 3.29. The van der Waals surface area contributed by atoms with Gasteiger partial charge >= 0.3 is 0 Å². The Morgan fingerprint density at radius 3 is 2.60 bits per heavy atom. The number of ether oxygens (including phenoxy) is 1. The van der Waals surface area contributed by atoms with Gasteiger partial charge in [0.25, 0.3) is 0 Å². The second-order valence-corrected chi connectivity index (χ2v) is 8.04. The second kappa shape index (κ2) is 8.51. The lowest BCUT2D eigenvalue weighted by Crippen LogP contribution is -2.16. The van der Waals surface area contributed by atoms with E-state index in [2.05, 4.69) is 10.3 Å². The smallest absolute Gasteiger partial charge is 0.231 e. The number of carbonyl (C=O) groups is 2. The SMILES string of the molecule is COc1ccc(-c2nc(NC(=O)CCC(=O)n3ccc4ccccc43)sc2C)cc1. The van der Waals surface area contributed by atoms with E-state index in [0.29, 0.717) is 5.13 Å². The Labute approximate surface area is 178 Å². The van der Waals surface area contributed by atoms with E-state index in [1.54, 1.807) is 17.9 Å². The zero-order valence-corrected chi connectivity index (χ0v) is 17.5. The number of para-hydroxylation sites is 1. The molecule has 0 aliphatic rings. The number of aryl methyl sites for hydroxylation is 1. The maximum Gasteiger partial charge on any atom is 0.231 e. The van der Waals surface area contributed by atoms with Crippen LogP contribution < -0.4 is 10.1 Å². The first-order valence-corrected chi connectivity index (χ1v) is 10.4. The highest BCUT2D eigenvalue weighted by molar-refractivity contribution is 7.16. The average molecular weight is 420 g/mol. The summed E-state index contributed by atoms with van der Waals surface area (Å²) in [5.74, 6) is 0.440. The number of aromatic nitrogens is 2. The maximum atomic E-state index is 12.5. The van der Waals surface area contributed by atoms with E-state index < -0.39 is 0 Å². The molecule has 0 saturated heterocycles. The van der Waals surface area contributed by atoms with Crippen LogP contribution in [0.25, 0.3) is 22.2 Å². The first-order chi connectivity index (χ1) is 14.5. The molecule has 4 aromatic rings. The highest BCUT2D eigenvalue weighted by atomic mass is 32.1. The fraction of sp³-hybridized carbons (Fsp3) is 0.174. The van der Waals surface area contributed by atoms with Gasteiger partial charge in [0.15, 0.2) is 5.13 Å². The molecule has 0 radical (unpaired) electrons. The van der Waals surface area contributed by atoms with E-state index >= 15 is 0 Å². The summed E-state index contributed by atoms with van der Waals surface area (Å²) in [7, 11) is 1.63. The van der Waals surface area contributed by atoms with E-state index in [4.69, 9.17) is 4.74 Å². The van der Waals surface area contributed by atoms with Crippen LogP contribution in [-0.2, 0) is 4.79 Å². The number of benzene rings is 2. The molecule has 7 heteroatoms. The molecule has 4 rings (SSSR count). The van der Waals surface area contributed by atoms with Gasteiger partial charge in [0, 0.05) is 34.9 Å². The molecule has 0 aliphatic heterocycles. The van der Waals surface area contributed by atoms with Gasteiger partial charge in [0.1, 0.15) is 5.75 Å². The molecule has 2 aromatic carbocycles. The molecule has 152 valence electrons. The van der Waals surface area contributed by atoms with E-state index in [0.717, 1.165) is 32.8 Å². The van der Waals surface area contributed by atoms with Crippen LogP contribution in [0.15, 0.2) is 60.8 Å². The van der Waals surface area contributed by atoms with Crippen LogP contribution in [0.2, 0.25) is 0 Å². The fourth-order valence-corrected chi connectivity index (χ4v) is 4.14. The minimum absolute atomic E-state index is 0.0990. The molecule has 2 aromatic heterocycles. The Morgan fingerprint density at radius 1 is 1.07 bits per heavy atom. The Hall–Kier alpha value is -3.45. The maximum absolute atomic E-state index is 12.5. The third-order valence-corrected chi connectivity index (χ3v) is 5.73. The number of nitrogens with zero attached hydrogens (tertiary/aromatic N) is 2. The van der Waals surface area contributed by atoms with E-state index in [-0.39, 0.29) is 24.7 Å². The standard InChI is InChI=1S/C23H21N3O3S/c1-15-22(17-7-9-18(29-2)10-8-17)25-23(30-15)24-20(27)11-12-21(28)26-14-13-16-5-3-4-6-19(16)26/h3-10,13-14H,11-12H2,1-2H3,(H,24,25,27). The number of amides is 1. The number of carbonyl (C=O) groups excluding carboxylic acids is 2. The molecule has 0 fully saturated rings. The summed E-state index contributed by atoms with van der Waals surface area (Å²) in [6.45, 7) is 1.97. The minimum Gasteiger partial charge on any atom is -0.497 e. The van der Waals surface area contributed by atoms with Gasteiger partial charge in [-0.3, -0.25) is 14.2 Å². The zero-order valence-electron chi connectivity index (χ0n) is 16.7. The summed E-state index contributed by atoms with van der Waals surface area (Å²) >= 11 is 1.42. The summed E-state index contributed by atoms with van der Waals surface area (Å²) in [6.07, 6.45) is 1.97. The number of hydrogen-bond acceptors (Lipinski definition) is 5. The molecule has 0 atom stereocenters. The number of hydrogen-bond donors (Lipinski definition) is 1. The lowest BCUT2D eigenvalue weighted by molar-refractivity contribution is -0.116. The van der Waals surface area contributed by atoms with Crippen molar-refractivity contribution in [1.29, 1.82) is 0 Å². The van der Waals surface area contributed by atoms with Gasteiger partial charge in [-0.25, -0.2) is 4.98 Å². The topological polar surface area (TPSA) is 73.2 Å². The van der Waals surface area contributed by atoms with Crippen molar-refractivity contribution in [2.75, 3.05) is 12.4 Å². The zero-order chi connectivity index (χ0) is 21.1. The van der Waals surface area contributed by atoms with Gasteiger partial charge in [0.05, 0.1) is 18.3 Å². The molecule has 30 heavy (non-hydrogen) atoms. The molecule has 0 bridgehead atoms. The Kier molecular flexibility index (Phi) is 5.63. The molecule has 1 N–H and O–H groups in total. The molecule has 0 saturated carbocycles. The number of methoxy groups -OCH3 is 1. The van der Waals surface area contributed by atoms with Crippen molar-refractivity contribution in [2.24, 2.45) is 0 Å².